The van der Waals surface area contributed by atoms with Gasteiger partial charge in [-0.2, -0.15) is 0 Å². The first-order chi connectivity index (χ1) is 11.5. The number of carbonyl (C=O) groups excluding carboxylic acids is 4. The van der Waals surface area contributed by atoms with Gasteiger partial charge in [-0.15, -0.1) is 0 Å². The summed E-state index contributed by atoms with van der Waals surface area (Å²) in [4.78, 5) is 48.9. The van der Waals surface area contributed by atoms with Crippen molar-refractivity contribution in [3.63, 3.8) is 0 Å². The molecule has 2 aliphatic rings. The van der Waals surface area contributed by atoms with Gasteiger partial charge < -0.3 is 9.53 Å². The minimum absolute atomic E-state index is 0.00834. The van der Waals surface area contributed by atoms with E-state index in [0.717, 1.165) is 0 Å². The highest BCUT2D eigenvalue weighted by Crippen LogP contribution is 2.45. The van der Waals surface area contributed by atoms with Gasteiger partial charge >= 0.3 is 0 Å². The normalized spacial score (nSPS) is 22.3. The van der Waals surface area contributed by atoms with E-state index in [2.05, 4.69) is 0 Å². The van der Waals surface area contributed by atoms with Gasteiger partial charge in [-0.3, -0.25) is 14.4 Å². The molecule has 0 amide bonds. The number of benzene rings is 1. The van der Waals surface area contributed by atoms with E-state index < -0.39 is 22.9 Å². The van der Waals surface area contributed by atoms with Gasteiger partial charge in [0, 0.05) is 36.6 Å². The molecule has 1 aromatic carbocycles. The average Bonchev–Trinajstić information content (AvgIpc) is 2.59. The summed E-state index contributed by atoms with van der Waals surface area (Å²) in [5.41, 5.74) is 0.103. The molecule has 1 aliphatic carbocycles. The monoisotopic (exact) mass is 348 g/mol. The van der Waals surface area contributed by atoms with E-state index >= 15 is 0 Å². The van der Waals surface area contributed by atoms with Crippen LogP contribution in [0.25, 0.3) is 0 Å². The average molecular weight is 349 g/mol. The first kappa shape index (κ1) is 17.0. The zero-order chi connectivity index (χ0) is 17.3. The van der Waals surface area contributed by atoms with Gasteiger partial charge in [-0.05, 0) is 30.5 Å². The quantitative estimate of drug-likeness (QED) is 0.616. The highest BCUT2D eigenvalue weighted by molar-refractivity contribution is 6.33. The number of aldehydes is 1. The van der Waals surface area contributed by atoms with E-state index in [9.17, 15) is 19.2 Å². The van der Waals surface area contributed by atoms with Crippen molar-refractivity contribution < 1.29 is 23.9 Å². The Morgan fingerprint density at radius 3 is 2.67 bits per heavy atom. The Morgan fingerprint density at radius 2 is 2.00 bits per heavy atom. The van der Waals surface area contributed by atoms with Crippen molar-refractivity contribution >= 4 is 35.2 Å². The topological polar surface area (TPSA) is 77.5 Å². The second-order valence-electron chi connectivity index (χ2n) is 6.22. The van der Waals surface area contributed by atoms with E-state index in [0.29, 0.717) is 48.5 Å². The van der Waals surface area contributed by atoms with Gasteiger partial charge in [-0.1, -0.05) is 17.7 Å². The third-order valence-corrected chi connectivity index (χ3v) is 5.17. The number of hydrogen-bond acceptors (Lipinski definition) is 5. The van der Waals surface area contributed by atoms with Crippen LogP contribution in [0.5, 0.6) is 0 Å². The summed E-state index contributed by atoms with van der Waals surface area (Å²) < 4.78 is 5.38. The van der Waals surface area contributed by atoms with Crippen molar-refractivity contribution in [3.8, 4) is 0 Å². The SMILES string of the molecule is O=CCCC(=O)C1C(=O)c2cc(Cl)ccc2C2(CCOCC2)C1=O. The summed E-state index contributed by atoms with van der Waals surface area (Å²) in [7, 11) is 0. The molecular formula is C18H17ClO5. The summed E-state index contributed by atoms with van der Waals surface area (Å²) in [5, 5.41) is 0.387. The van der Waals surface area contributed by atoms with Crippen molar-refractivity contribution in [3.05, 3.63) is 34.3 Å². The van der Waals surface area contributed by atoms with Gasteiger partial charge in [0.25, 0.3) is 0 Å². The minimum atomic E-state index is -1.34. The molecule has 1 heterocycles. The maximum atomic E-state index is 13.1. The van der Waals surface area contributed by atoms with Crippen molar-refractivity contribution in [2.24, 2.45) is 5.92 Å². The van der Waals surface area contributed by atoms with Crippen LogP contribution in [0.15, 0.2) is 18.2 Å². The Morgan fingerprint density at radius 1 is 1.29 bits per heavy atom. The lowest BCUT2D eigenvalue weighted by molar-refractivity contribution is -0.137. The molecule has 3 rings (SSSR count). The fourth-order valence-electron chi connectivity index (χ4n) is 3.69. The van der Waals surface area contributed by atoms with Crippen molar-refractivity contribution in [2.75, 3.05) is 13.2 Å². The first-order valence-electron chi connectivity index (χ1n) is 7.94. The number of rotatable bonds is 4. The third-order valence-electron chi connectivity index (χ3n) is 4.94. The minimum Gasteiger partial charge on any atom is -0.381 e. The van der Waals surface area contributed by atoms with Crippen molar-refractivity contribution in [1.82, 2.24) is 0 Å². The highest BCUT2D eigenvalue weighted by atomic mass is 35.5. The molecule has 6 heteroatoms. The molecule has 1 fully saturated rings. The molecule has 0 saturated carbocycles. The lowest BCUT2D eigenvalue weighted by Gasteiger charge is -2.42. The second kappa shape index (κ2) is 6.57. The predicted octanol–water partition coefficient (Wildman–Crippen LogP) is 2.32. The summed E-state index contributed by atoms with van der Waals surface area (Å²) in [6.07, 6.45) is 1.39. The standard InChI is InChI=1S/C18H17ClO5/c19-11-3-4-13-12(10-11)16(22)15(14(21)2-1-7-20)17(23)18(13)5-8-24-9-6-18/h3-4,7,10,15H,1-2,5-6,8-9H2. The van der Waals surface area contributed by atoms with Crippen LogP contribution in [0, 0.1) is 5.92 Å². The predicted molar refractivity (Wildman–Crippen MR) is 86.3 cm³/mol. The van der Waals surface area contributed by atoms with Crippen molar-refractivity contribution in [1.29, 1.82) is 0 Å². The summed E-state index contributed by atoms with van der Waals surface area (Å²) in [6, 6.07) is 4.90. The largest absolute Gasteiger partial charge is 0.381 e. The molecule has 126 valence electrons. The molecule has 1 spiro atoms. The molecule has 0 radical (unpaired) electrons. The number of hydrogen-bond donors (Lipinski definition) is 0. The molecule has 24 heavy (non-hydrogen) atoms. The molecule has 1 saturated heterocycles. The van der Waals surface area contributed by atoms with E-state index in [1.54, 1.807) is 12.1 Å². The number of Topliss-reactive ketones (excluding diaryl/α,β-unsaturated/α-hetero) is 3. The van der Waals surface area contributed by atoms with Crippen LogP contribution < -0.4 is 0 Å². The molecule has 1 aromatic rings. The lowest BCUT2D eigenvalue weighted by atomic mass is 9.60. The van der Waals surface area contributed by atoms with Crippen LogP contribution in [-0.4, -0.2) is 36.8 Å². The Kier molecular flexibility index (Phi) is 4.65. The molecule has 0 bridgehead atoms. The zero-order valence-electron chi connectivity index (χ0n) is 13.0. The van der Waals surface area contributed by atoms with Crippen LogP contribution in [0.2, 0.25) is 5.02 Å². The number of carbonyl (C=O) groups is 4. The third kappa shape index (κ3) is 2.62. The maximum absolute atomic E-state index is 13.1. The number of ether oxygens (including phenoxy) is 1. The fraction of sp³-hybridized carbons (Fsp3) is 0.444. The van der Waals surface area contributed by atoms with E-state index in [-0.39, 0.29) is 18.6 Å². The molecule has 1 unspecified atom stereocenters. The molecule has 0 aromatic heterocycles. The van der Waals surface area contributed by atoms with Gasteiger partial charge in [0.1, 0.15) is 12.2 Å². The lowest BCUT2D eigenvalue weighted by Crippen LogP contribution is -2.53. The number of ketones is 3. The van der Waals surface area contributed by atoms with Gasteiger partial charge in [0.05, 0.1) is 5.41 Å². The number of halogens is 1. The summed E-state index contributed by atoms with van der Waals surface area (Å²) in [6.45, 7) is 0.800. The van der Waals surface area contributed by atoms with Crippen LogP contribution in [-0.2, 0) is 24.5 Å². The molecular weight excluding hydrogens is 332 g/mol. The molecule has 0 N–H and O–H groups in total. The van der Waals surface area contributed by atoms with Crippen LogP contribution in [0.4, 0.5) is 0 Å². The fourth-order valence-corrected chi connectivity index (χ4v) is 3.87. The highest BCUT2D eigenvalue weighted by Gasteiger charge is 2.54. The second-order valence-corrected chi connectivity index (χ2v) is 6.65. The maximum Gasteiger partial charge on any atom is 0.181 e. The zero-order valence-corrected chi connectivity index (χ0v) is 13.8. The van der Waals surface area contributed by atoms with E-state index in [1.165, 1.54) is 6.07 Å². The molecule has 5 nitrogen and oxygen atoms in total. The van der Waals surface area contributed by atoms with Gasteiger partial charge in [0.15, 0.2) is 17.3 Å². The van der Waals surface area contributed by atoms with E-state index in [4.69, 9.17) is 16.3 Å². The Balaban J connectivity index is 2.12. The Bertz CT molecular complexity index is 718. The summed E-state index contributed by atoms with van der Waals surface area (Å²) in [5.74, 6) is -2.70. The van der Waals surface area contributed by atoms with Crippen LogP contribution in [0.1, 0.15) is 41.6 Å². The Hall–Kier alpha value is -1.85. The smallest absolute Gasteiger partial charge is 0.181 e. The van der Waals surface area contributed by atoms with Crippen LogP contribution in [0.3, 0.4) is 0 Å². The van der Waals surface area contributed by atoms with Crippen molar-refractivity contribution in [2.45, 2.75) is 31.1 Å². The number of fused-ring (bicyclic) bond motifs is 2. The van der Waals surface area contributed by atoms with Crippen LogP contribution >= 0.6 is 11.6 Å². The Labute approximate surface area is 144 Å². The molecule has 1 atom stereocenters. The van der Waals surface area contributed by atoms with E-state index in [1.807, 2.05) is 0 Å². The summed E-state index contributed by atoms with van der Waals surface area (Å²) >= 11 is 6.02. The first-order valence-corrected chi connectivity index (χ1v) is 8.32. The van der Waals surface area contributed by atoms with Gasteiger partial charge in [0.2, 0.25) is 0 Å². The molecule has 1 aliphatic heterocycles. The van der Waals surface area contributed by atoms with Gasteiger partial charge in [-0.25, -0.2) is 0 Å².